The van der Waals surface area contributed by atoms with Gasteiger partial charge in [-0.3, -0.25) is 5.41 Å². The fourth-order valence-corrected chi connectivity index (χ4v) is 3.61. The number of carboxylic acids is 1. The van der Waals surface area contributed by atoms with Crippen molar-refractivity contribution in [3.63, 3.8) is 0 Å². The number of hydrogen-bond donors (Lipinski definition) is 4. The fourth-order valence-electron chi connectivity index (χ4n) is 3.61. The van der Waals surface area contributed by atoms with E-state index in [-0.39, 0.29) is 23.3 Å². The Morgan fingerprint density at radius 3 is 2.53 bits per heavy atom. The van der Waals surface area contributed by atoms with Crippen LogP contribution >= 0.6 is 0 Å². The molecule has 1 saturated heterocycles. The van der Waals surface area contributed by atoms with Crippen molar-refractivity contribution in [1.29, 1.82) is 5.41 Å². The number of nitrogens with zero attached hydrogens (tertiary/aromatic N) is 1. The van der Waals surface area contributed by atoms with Gasteiger partial charge in [-0.25, -0.2) is 9.18 Å². The van der Waals surface area contributed by atoms with Gasteiger partial charge in [0.05, 0.1) is 6.61 Å². The molecule has 1 heterocycles. The highest BCUT2D eigenvalue weighted by Crippen LogP contribution is 2.34. The highest BCUT2D eigenvalue weighted by molar-refractivity contribution is 5.95. The molecule has 1 atom stereocenters. The number of piperidine rings is 1. The van der Waals surface area contributed by atoms with E-state index in [0.717, 1.165) is 25.9 Å². The maximum atomic E-state index is 15.5. The van der Waals surface area contributed by atoms with E-state index in [1.165, 1.54) is 12.1 Å². The van der Waals surface area contributed by atoms with Crippen molar-refractivity contribution >= 4 is 17.5 Å². The van der Waals surface area contributed by atoms with Crippen LogP contribution in [0, 0.1) is 11.2 Å². The first-order chi connectivity index (χ1) is 15.3. The van der Waals surface area contributed by atoms with Crippen molar-refractivity contribution < 1.29 is 23.8 Å². The molecule has 0 aliphatic carbocycles. The van der Waals surface area contributed by atoms with E-state index >= 15 is 4.39 Å². The number of carboxylic acid groups (broad SMARTS) is 1. The van der Waals surface area contributed by atoms with Crippen LogP contribution in [0.5, 0.6) is 11.5 Å². The second-order valence-corrected chi connectivity index (χ2v) is 7.78. The van der Waals surface area contributed by atoms with Gasteiger partial charge in [0.25, 0.3) is 0 Å². The Kier molecular flexibility index (Phi) is 7.53. The summed E-state index contributed by atoms with van der Waals surface area (Å²) in [6, 6.07) is 7.84. The molecule has 1 aliphatic heterocycles. The van der Waals surface area contributed by atoms with Crippen LogP contribution in [0.15, 0.2) is 36.4 Å². The number of nitrogens with one attached hydrogen (secondary N) is 2. The van der Waals surface area contributed by atoms with Crippen LogP contribution in [-0.2, 0) is 4.79 Å². The van der Waals surface area contributed by atoms with Gasteiger partial charge in [-0.2, -0.15) is 0 Å². The molecule has 1 aliphatic rings. The topological polar surface area (TPSA) is 121 Å². The average Bonchev–Trinajstić information content (AvgIpc) is 2.76. The predicted octanol–water partition coefficient (Wildman–Crippen LogP) is 3.22. The number of anilines is 1. The molecule has 0 spiro atoms. The van der Waals surface area contributed by atoms with E-state index in [2.05, 4.69) is 10.2 Å². The van der Waals surface area contributed by atoms with Crippen LogP contribution in [0.2, 0.25) is 0 Å². The number of ether oxygens (including phenoxy) is 2. The maximum absolute atomic E-state index is 15.5. The van der Waals surface area contributed by atoms with E-state index in [4.69, 9.17) is 20.6 Å². The van der Waals surface area contributed by atoms with Gasteiger partial charge < -0.3 is 30.5 Å². The SMILES string of the molecule is CCOc1cc(OC2CCN(C)CC2)c(F)c([C@@H](Nc2ccc(C(=N)N)cc2)C(=O)O)c1. The Labute approximate surface area is 186 Å². The summed E-state index contributed by atoms with van der Waals surface area (Å²) in [6.45, 7) is 3.83. The molecule has 5 N–H and O–H groups in total. The van der Waals surface area contributed by atoms with Crippen molar-refractivity contribution in [2.24, 2.45) is 5.73 Å². The number of nitrogen functional groups attached to an aromatic ring is 1. The minimum Gasteiger partial charge on any atom is -0.494 e. The number of carbonyl (C=O) groups is 1. The Morgan fingerprint density at radius 2 is 1.97 bits per heavy atom. The Hall–Kier alpha value is -3.33. The third-order valence-corrected chi connectivity index (χ3v) is 5.38. The van der Waals surface area contributed by atoms with Crippen LogP contribution in [-0.4, -0.2) is 54.7 Å². The molecule has 8 nitrogen and oxygen atoms in total. The molecular weight excluding hydrogens is 415 g/mol. The molecule has 32 heavy (non-hydrogen) atoms. The molecule has 172 valence electrons. The summed E-state index contributed by atoms with van der Waals surface area (Å²) in [7, 11) is 2.02. The van der Waals surface area contributed by atoms with Crippen molar-refractivity contribution in [2.75, 3.05) is 32.1 Å². The first-order valence-electron chi connectivity index (χ1n) is 10.5. The minimum atomic E-state index is -1.38. The van der Waals surface area contributed by atoms with Gasteiger partial charge in [0.2, 0.25) is 0 Å². The summed E-state index contributed by atoms with van der Waals surface area (Å²) in [6.07, 6.45) is 1.36. The van der Waals surface area contributed by atoms with Crippen molar-refractivity contribution in [3.8, 4) is 11.5 Å². The zero-order valence-electron chi connectivity index (χ0n) is 18.2. The summed E-state index contributed by atoms with van der Waals surface area (Å²) in [5, 5.41) is 20.2. The third-order valence-electron chi connectivity index (χ3n) is 5.38. The molecule has 0 unspecified atom stereocenters. The monoisotopic (exact) mass is 444 g/mol. The largest absolute Gasteiger partial charge is 0.494 e. The first kappa shape index (κ1) is 23.3. The minimum absolute atomic E-state index is 0.0134. The highest BCUT2D eigenvalue weighted by atomic mass is 19.1. The van der Waals surface area contributed by atoms with Gasteiger partial charge in [-0.05, 0) is 57.1 Å². The summed E-state index contributed by atoms with van der Waals surface area (Å²) in [4.78, 5) is 14.2. The van der Waals surface area contributed by atoms with Crippen LogP contribution in [0.1, 0.15) is 36.9 Å². The molecule has 0 bridgehead atoms. The average molecular weight is 445 g/mol. The fraction of sp³-hybridized carbons (Fsp3) is 0.391. The molecule has 0 saturated carbocycles. The maximum Gasteiger partial charge on any atom is 0.330 e. The summed E-state index contributed by atoms with van der Waals surface area (Å²) in [5.74, 6) is -1.75. The molecule has 2 aromatic carbocycles. The number of hydrogen-bond acceptors (Lipinski definition) is 6. The zero-order chi connectivity index (χ0) is 23.3. The molecule has 0 aromatic heterocycles. The van der Waals surface area contributed by atoms with Gasteiger partial charge in [0.15, 0.2) is 17.6 Å². The molecule has 0 radical (unpaired) electrons. The lowest BCUT2D eigenvalue weighted by atomic mass is 10.0. The third kappa shape index (κ3) is 5.67. The number of likely N-dealkylation sites (tertiary alicyclic amines) is 1. The van der Waals surface area contributed by atoms with Gasteiger partial charge in [-0.15, -0.1) is 0 Å². The predicted molar refractivity (Wildman–Crippen MR) is 120 cm³/mol. The van der Waals surface area contributed by atoms with Crippen LogP contribution in [0.3, 0.4) is 0 Å². The smallest absolute Gasteiger partial charge is 0.330 e. The van der Waals surface area contributed by atoms with Crippen LogP contribution in [0.4, 0.5) is 10.1 Å². The molecule has 1 fully saturated rings. The van der Waals surface area contributed by atoms with E-state index < -0.39 is 17.8 Å². The lowest BCUT2D eigenvalue weighted by Gasteiger charge is -2.30. The summed E-state index contributed by atoms with van der Waals surface area (Å²) < 4.78 is 27.0. The van der Waals surface area contributed by atoms with Crippen molar-refractivity contribution in [3.05, 3.63) is 53.3 Å². The Morgan fingerprint density at radius 1 is 1.31 bits per heavy atom. The first-order valence-corrected chi connectivity index (χ1v) is 10.5. The van der Waals surface area contributed by atoms with Gasteiger partial charge in [-0.1, -0.05) is 0 Å². The van der Waals surface area contributed by atoms with Gasteiger partial charge in [0, 0.05) is 36.0 Å². The van der Waals surface area contributed by atoms with E-state index in [1.54, 1.807) is 31.2 Å². The highest BCUT2D eigenvalue weighted by Gasteiger charge is 2.28. The lowest BCUT2D eigenvalue weighted by molar-refractivity contribution is -0.138. The number of nitrogens with two attached hydrogens (primary N) is 1. The van der Waals surface area contributed by atoms with Crippen molar-refractivity contribution in [1.82, 2.24) is 4.90 Å². The van der Waals surface area contributed by atoms with Crippen LogP contribution < -0.4 is 20.5 Å². The Bertz CT molecular complexity index is 959. The molecular formula is C23H29FN4O4. The molecule has 9 heteroatoms. The molecule has 0 amide bonds. The number of rotatable bonds is 9. The van der Waals surface area contributed by atoms with Gasteiger partial charge >= 0.3 is 5.97 Å². The van der Waals surface area contributed by atoms with E-state index in [0.29, 0.717) is 23.6 Å². The summed E-state index contributed by atoms with van der Waals surface area (Å²) >= 11 is 0. The van der Waals surface area contributed by atoms with E-state index in [9.17, 15) is 9.90 Å². The lowest BCUT2D eigenvalue weighted by Crippen LogP contribution is -2.35. The number of aliphatic carboxylic acids is 1. The molecule has 3 rings (SSSR count). The zero-order valence-corrected chi connectivity index (χ0v) is 18.2. The second kappa shape index (κ2) is 10.3. The normalized spacial score (nSPS) is 15.7. The number of benzene rings is 2. The second-order valence-electron chi connectivity index (χ2n) is 7.78. The Balaban J connectivity index is 1.91. The standard InChI is InChI=1S/C23H29FN4O4/c1-3-31-17-12-18(20(24)19(13-17)32-16-8-10-28(2)11-9-16)21(23(29)30)27-15-6-4-14(5-7-15)22(25)26/h4-7,12-13,16,21,27H,3,8-11H2,1-2H3,(H3,25,26)(H,29,30)/t21-/m1/s1. The molecule has 2 aromatic rings. The quantitative estimate of drug-likeness (QED) is 0.346. The summed E-state index contributed by atoms with van der Waals surface area (Å²) in [5.41, 5.74) is 6.32. The van der Waals surface area contributed by atoms with E-state index in [1.807, 2.05) is 7.05 Å². The van der Waals surface area contributed by atoms with Crippen molar-refractivity contribution in [2.45, 2.75) is 31.9 Å². The van der Waals surface area contributed by atoms with Crippen LogP contribution in [0.25, 0.3) is 0 Å². The number of halogens is 1. The van der Waals surface area contributed by atoms with Gasteiger partial charge in [0.1, 0.15) is 17.7 Å². The number of amidine groups is 1.